The lowest BCUT2D eigenvalue weighted by atomic mass is 9.57. The second-order valence-corrected chi connectivity index (χ2v) is 21.2. The molecule has 1 saturated carbocycles. The first-order chi connectivity index (χ1) is 23.4. The predicted octanol–water partition coefficient (Wildman–Crippen LogP) is 7.43. The zero-order chi connectivity index (χ0) is 36.9. The van der Waals surface area contributed by atoms with Gasteiger partial charge in [-0.3, -0.25) is 14.5 Å². The number of hydrogen-bond donors (Lipinski definition) is 1. The number of fused-ring (bicyclic) bond motifs is 4. The molecule has 0 bridgehead atoms. The van der Waals surface area contributed by atoms with Crippen molar-refractivity contribution < 1.29 is 33.1 Å². The van der Waals surface area contributed by atoms with Crippen molar-refractivity contribution in [1.82, 2.24) is 19.9 Å². The van der Waals surface area contributed by atoms with Gasteiger partial charge in [-0.05, 0) is 83.1 Å². The molecule has 276 valence electrons. The molecule has 3 aliphatic carbocycles. The van der Waals surface area contributed by atoms with Crippen molar-refractivity contribution in [3.05, 3.63) is 38.9 Å². The summed E-state index contributed by atoms with van der Waals surface area (Å²) in [6.07, 6.45) is 4.06. The molecule has 1 unspecified atom stereocenters. The van der Waals surface area contributed by atoms with E-state index in [9.17, 15) is 5.11 Å². The van der Waals surface area contributed by atoms with E-state index in [1.165, 1.54) is 0 Å². The third-order valence-corrected chi connectivity index (χ3v) is 15.7. The molecule has 0 aliphatic heterocycles. The number of aliphatic hydroxyl groups excluding tert-OH is 1. The Kier molecular flexibility index (Phi) is 11.0. The molecular formula is C37H55ClN4O7Si. The van der Waals surface area contributed by atoms with Crippen LogP contribution in [0.4, 0.5) is 0 Å². The average Bonchev–Trinajstić information content (AvgIpc) is 3.42. The standard InChI is InChI=1S/C37H55ClN4O7Si/c1-12-14-16-46-30-24(20-41(6)7)39-34(38)22-18-21-19-23-28(42(8)9)31-27(35(40-48-31)47-17-15-13-2)33(45)37(23,49-50(10,11)36(3,4)5)32(44)25(21)29(43)26(22)30/h21,23,28,43H,12-20H2,1-11H3/t21-,23-,28-,37?/m0/s1. The molecule has 50 heavy (non-hydrogen) atoms. The number of halogens is 1. The van der Waals surface area contributed by atoms with Gasteiger partial charge in [0.05, 0.1) is 30.5 Å². The minimum atomic E-state index is -2.84. The van der Waals surface area contributed by atoms with Crippen molar-refractivity contribution in [1.29, 1.82) is 0 Å². The Labute approximate surface area is 302 Å². The summed E-state index contributed by atoms with van der Waals surface area (Å²) in [6.45, 7) is 15.6. The van der Waals surface area contributed by atoms with E-state index in [-0.39, 0.29) is 33.0 Å². The van der Waals surface area contributed by atoms with Gasteiger partial charge in [0.25, 0.3) is 5.88 Å². The quantitative estimate of drug-likeness (QED) is 0.0957. The largest absolute Gasteiger partial charge is 0.507 e. The summed E-state index contributed by atoms with van der Waals surface area (Å²) in [7, 11) is 4.79. The number of unbranched alkanes of at least 4 members (excludes halogenated alkanes) is 2. The maximum Gasteiger partial charge on any atom is 0.265 e. The number of pyridine rings is 1. The highest BCUT2D eigenvalue weighted by Crippen LogP contribution is 2.59. The van der Waals surface area contributed by atoms with Gasteiger partial charge in [-0.1, -0.05) is 59.1 Å². The minimum Gasteiger partial charge on any atom is -0.507 e. The third-order valence-electron chi connectivity index (χ3n) is 10.9. The van der Waals surface area contributed by atoms with Crippen molar-refractivity contribution in [3.63, 3.8) is 0 Å². The molecular weight excluding hydrogens is 676 g/mol. The number of Topliss-reactive ketones (excluding diaryl/α,β-unsaturated/α-hetero) is 2. The van der Waals surface area contributed by atoms with Crippen LogP contribution in [0.1, 0.15) is 106 Å². The van der Waals surface area contributed by atoms with Crippen molar-refractivity contribution in [2.24, 2.45) is 11.8 Å². The van der Waals surface area contributed by atoms with Gasteiger partial charge in [-0.15, -0.1) is 0 Å². The zero-order valence-electron chi connectivity index (χ0n) is 31.7. The molecule has 11 nitrogen and oxygen atoms in total. The monoisotopic (exact) mass is 730 g/mol. The normalized spacial score (nSPS) is 23.6. The molecule has 0 radical (unpaired) electrons. The van der Waals surface area contributed by atoms with Gasteiger partial charge >= 0.3 is 0 Å². The van der Waals surface area contributed by atoms with Crippen molar-refractivity contribution in [2.45, 2.75) is 109 Å². The molecule has 4 atom stereocenters. The molecule has 0 spiro atoms. The van der Waals surface area contributed by atoms with E-state index < -0.39 is 43.4 Å². The Hall–Kier alpha value is -2.77. The summed E-state index contributed by atoms with van der Waals surface area (Å²) >= 11 is 6.90. The number of hydrogen-bond acceptors (Lipinski definition) is 11. The van der Waals surface area contributed by atoms with Crippen LogP contribution in [0, 0.1) is 11.8 Å². The van der Waals surface area contributed by atoms with Crippen molar-refractivity contribution in [2.75, 3.05) is 41.4 Å². The fourth-order valence-electron chi connectivity index (χ4n) is 7.37. The van der Waals surface area contributed by atoms with Crippen LogP contribution in [0.25, 0.3) is 5.76 Å². The maximum atomic E-state index is 15.6. The van der Waals surface area contributed by atoms with E-state index in [1.54, 1.807) is 0 Å². The number of aromatic nitrogens is 2. The number of ketones is 2. The second-order valence-electron chi connectivity index (χ2n) is 16.1. The summed E-state index contributed by atoms with van der Waals surface area (Å²) in [6, 6.07) is -0.540. The molecule has 5 rings (SSSR count). The lowest BCUT2D eigenvalue weighted by Crippen LogP contribution is -2.68. The van der Waals surface area contributed by atoms with Gasteiger partial charge in [0.1, 0.15) is 16.5 Å². The van der Waals surface area contributed by atoms with E-state index in [2.05, 4.69) is 32.9 Å². The summed E-state index contributed by atoms with van der Waals surface area (Å²) in [5.74, 6) is -1.54. The van der Waals surface area contributed by atoms with Crippen LogP contribution < -0.4 is 9.47 Å². The molecule has 1 N–H and O–H groups in total. The second kappa shape index (κ2) is 14.3. The molecule has 0 amide bonds. The third kappa shape index (κ3) is 6.44. The Morgan fingerprint density at radius 3 is 2.24 bits per heavy atom. The van der Waals surface area contributed by atoms with Gasteiger partial charge in [-0.2, -0.15) is 0 Å². The van der Waals surface area contributed by atoms with Gasteiger partial charge in [0.2, 0.25) is 11.6 Å². The minimum absolute atomic E-state index is 0.0712. The van der Waals surface area contributed by atoms with Gasteiger partial charge in [0.15, 0.2) is 25.4 Å². The first-order valence-electron chi connectivity index (χ1n) is 17.9. The van der Waals surface area contributed by atoms with Crippen LogP contribution in [-0.2, 0) is 22.2 Å². The first kappa shape index (κ1) is 38.5. The fraction of sp³-hybridized carbons (Fsp3) is 0.676. The molecule has 2 heterocycles. The Balaban J connectivity index is 1.79. The zero-order valence-corrected chi connectivity index (χ0v) is 33.4. The van der Waals surface area contributed by atoms with E-state index in [1.807, 2.05) is 58.0 Å². The number of nitrogens with zero attached hydrogens (tertiary/aromatic N) is 4. The van der Waals surface area contributed by atoms with E-state index in [0.717, 1.165) is 25.7 Å². The number of aliphatic hydroxyl groups is 1. The Bertz CT molecular complexity index is 1660. The smallest absolute Gasteiger partial charge is 0.265 e. The van der Waals surface area contributed by atoms with E-state index in [4.69, 9.17) is 35.0 Å². The summed E-state index contributed by atoms with van der Waals surface area (Å²) < 4.78 is 25.5. The SMILES string of the molecule is CCCCOc1noc2c1C(=O)C1(O[Si](C)(C)C(C)(C)C)C(=O)C3=C(O)c4c(c(Cl)nc(CN(C)C)c4OCCCC)C[C@H]3C[C@H]1[C@@H]2N(C)C. The maximum absolute atomic E-state index is 15.6. The molecule has 1 fully saturated rings. The van der Waals surface area contributed by atoms with Crippen LogP contribution in [-0.4, -0.2) is 91.9 Å². The van der Waals surface area contributed by atoms with Crippen molar-refractivity contribution >= 4 is 37.2 Å². The number of rotatable bonds is 13. The first-order valence-corrected chi connectivity index (χ1v) is 21.2. The van der Waals surface area contributed by atoms with Gasteiger partial charge in [-0.25, -0.2) is 4.98 Å². The molecule has 2 aromatic rings. The van der Waals surface area contributed by atoms with Crippen LogP contribution in [0.15, 0.2) is 10.1 Å². The van der Waals surface area contributed by atoms with Crippen LogP contribution in [0.5, 0.6) is 11.6 Å². The fourth-order valence-corrected chi connectivity index (χ4v) is 9.09. The summed E-state index contributed by atoms with van der Waals surface area (Å²) in [4.78, 5) is 39.5. The average molecular weight is 731 g/mol. The van der Waals surface area contributed by atoms with Gasteiger partial charge in [0, 0.05) is 23.6 Å². The van der Waals surface area contributed by atoms with Crippen LogP contribution in [0.3, 0.4) is 0 Å². The van der Waals surface area contributed by atoms with E-state index >= 15 is 9.59 Å². The lowest BCUT2D eigenvalue weighted by Gasteiger charge is -2.55. The van der Waals surface area contributed by atoms with E-state index in [0.29, 0.717) is 60.9 Å². The van der Waals surface area contributed by atoms with Crippen LogP contribution >= 0.6 is 11.6 Å². The summed E-state index contributed by atoms with van der Waals surface area (Å²) in [5, 5.41) is 16.5. The highest BCUT2D eigenvalue weighted by atomic mass is 35.5. The van der Waals surface area contributed by atoms with Crippen LogP contribution in [0.2, 0.25) is 23.3 Å². The number of ether oxygens (including phenoxy) is 2. The highest BCUT2D eigenvalue weighted by Gasteiger charge is 2.69. The van der Waals surface area contributed by atoms with Crippen molar-refractivity contribution in [3.8, 4) is 11.6 Å². The Morgan fingerprint density at radius 2 is 1.66 bits per heavy atom. The molecule has 0 aromatic carbocycles. The molecule has 13 heteroatoms. The molecule has 0 saturated heterocycles. The highest BCUT2D eigenvalue weighted by molar-refractivity contribution is 6.74. The molecule has 3 aliphatic rings. The topological polar surface area (TPSA) is 127 Å². The Morgan fingerprint density at radius 1 is 1.02 bits per heavy atom. The predicted molar refractivity (Wildman–Crippen MR) is 196 cm³/mol. The number of carbonyl (C=O) groups is 2. The number of carbonyl (C=O) groups excluding carboxylic acids is 2. The molecule has 2 aromatic heterocycles. The summed E-state index contributed by atoms with van der Waals surface area (Å²) in [5.41, 5.74) is -0.0677. The van der Waals surface area contributed by atoms with Gasteiger partial charge < -0.3 is 28.4 Å². The lowest BCUT2D eigenvalue weighted by molar-refractivity contribution is -0.140.